The van der Waals surface area contributed by atoms with Crippen molar-refractivity contribution in [1.29, 1.82) is 0 Å². The van der Waals surface area contributed by atoms with Crippen LogP contribution in [-0.4, -0.2) is 19.0 Å². The molecular formula is C16H19ClN2. The Morgan fingerprint density at radius 3 is 2.58 bits per heavy atom. The van der Waals surface area contributed by atoms with Crippen LogP contribution in [-0.2, 0) is 13.1 Å². The van der Waals surface area contributed by atoms with Crippen molar-refractivity contribution in [1.82, 2.24) is 4.90 Å². The lowest BCUT2D eigenvalue weighted by molar-refractivity contribution is 0.402. The summed E-state index contributed by atoms with van der Waals surface area (Å²) in [6, 6.07) is 16.4. The lowest BCUT2D eigenvalue weighted by Gasteiger charge is -2.12. The third-order valence-electron chi connectivity index (χ3n) is 2.87. The minimum atomic E-state index is 0.741. The van der Waals surface area contributed by atoms with Gasteiger partial charge < -0.3 is 10.2 Å². The maximum Gasteiger partial charge on any atom is 0.0455 e. The molecule has 0 unspecified atom stereocenters. The Balaban J connectivity index is 2.02. The number of benzene rings is 2. The van der Waals surface area contributed by atoms with Gasteiger partial charge in [0.05, 0.1) is 0 Å². The van der Waals surface area contributed by atoms with Gasteiger partial charge in [0.25, 0.3) is 0 Å². The first-order chi connectivity index (χ1) is 9.15. The Morgan fingerprint density at radius 2 is 1.84 bits per heavy atom. The monoisotopic (exact) mass is 274 g/mol. The van der Waals surface area contributed by atoms with Crippen molar-refractivity contribution in [2.24, 2.45) is 0 Å². The van der Waals surface area contributed by atoms with Crippen molar-refractivity contribution in [3.63, 3.8) is 0 Å². The van der Waals surface area contributed by atoms with E-state index in [1.165, 1.54) is 5.56 Å². The molecule has 1 N–H and O–H groups in total. The fourth-order valence-corrected chi connectivity index (χ4v) is 2.19. The van der Waals surface area contributed by atoms with E-state index in [1.807, 2.05) is 24.3 Å². The van der Waals surface area contributed by atoms with Gasteiger partial charge in [-0.3, -0.25) is 0 Å². The van der Waals surface area contributed by atoms with Crippen molar-refractivity contribution in [3.8, 4) is 0 Å². The van der Waals surface area contributed by atoms with Crippen molar-refractivity contribution in [2.45, 2.75) is 13.1 Å². The van der Waals surface area contributed by atoms with Crippen LogP contribution < -0.4 is 5.32 Å². The molecule has 0 atom stereocenters. The summed E-state index contributed by atoms with van der Waals surface area (Å²) in [5, 5.41) is 4.22. The topological polar surface area (TPSA) is 15.3 Å². The van der Waals surface area contributed by atoms with E-state index in [-0.39, 0.29) is 0 Å². The predicted octanol–water partition coefficient (Wildman–Crippen LogP) is 4.01. The Morgan fingerprint density at radius 1 is 1.05 bits per heavy atom. The smallest absolute Gasteiger partial charge is 0.0455 e. The fourth-order valence-electron chi connectivity index (χ4n) is 1.98. The molecule has 2 aromatic rings. The summed E-state index contributed by atoms with van der Waals surface area (Å²) in [4.78, 5) is 2.16. The van der Waals surface area contributed by atoms with Crippen LogP contribution in [0.5, 0.6) is 0 Å². The van der Waals surface area contributed by atoms with Gasteiger partial charge in [-0.25, -0.2) is 0 Å². The van der Waals surface area contributed by atoms with Gasteiger partial charge in [-0.2, -0.15) is 0 Å². The SMILES string of the molecule is CN(C)Cc1cccc(NCc2ccccc2Cl)c1. The molecule has 0 aromatic heterocycles. The van der Waals surface area contributed by atoms with E-state index in [4.69, 9.17) is 11.6 Å². The fraction of sp³-hybridized carbons (Fsp3) is 0.250. The van der Waals surface area contributed by atoms with Crippen molar-refractivity contribution >= 4 is 17.3 Å². The number of anilines is 1. The summed E-state index contributed by atoms with van der Waals surface area (Å²) in [7, 11) is 4.15. The first kappa shape index (κ1) is 13.9. The van der Waals surface area contributed by atoms with Crippen LogP contribution >= 0.6 is 11.6 Å². The molecule has 0 saturated heterocycles. The normalized spacial score (nSPS) is 10.7. The molecular weight excluding hydrogens is 256 g/mol. The molecule has 19 heavy (non-hydrogen) atoms. The number of nitrogens with zero attached hydrogens (tertiary/aromatic N) is 1. The highest BCUT2D eigenvalue weighted by molar-refractivity contribution is 6.31. The van der Waals surface area contributed by atoms with Crippen molar-refractivity contribution < 1.29 is 0 Å². The average Bonchev–Trinajstić information content (AvgIpc) is 2.37. The zero-order chi connectivity index (χ0) is 13.7. The summed E-state index contributed by atoms with van der Waals surface area (Å²) in [6.45, 7) is 1.69. The highest BCUT2D eigenvalue weighted by Gasteiger charge is 2.00. The number of rotatable bonds is 5. The summed E-state index contributed by atoms with van der Waals surface area (Å²) < 4.78 is 0. The number of hydrogen-bond donors (Lipinski definition) is 1. The Hall–Kier alpha value is -1.51. The number of nitrogens with one attached hydrogen (secondary N) is 1. The molecule has 0 amide bonds. The van der Waals surface area contributed by atoms with E-state index in [0.717, 1.165) is 29.4 Å². The van der Waals surface area contributed by atoms with Gasteiger partial charge in [-0.05, 0) is 43.4 Å². The van der Waals surface area contributed by atoms with E-state index >= 15 is 0 Å². The number of hydrogen-bond acceptors (Lipinski definition) is 2. The first-order valence-electron chi connectivity index (χ1n) is 6.36. The lowest BCUT2D eigenvalue weighted by atomic mass is 10.1. The largest absolute Gasteiger partial charge is 0.381 e. The van der Waals surface area contributed by atoms with Gasteiger partial charge in [0.15, 0.2) is 0 Å². The van der Waals surface area contributed by atoms with Crippen LogP contribution in [0.2, 0.25) is 5.02 Å². The van der Waals surface area contributed by atoms with Crippen LogP contribution in [0.3, 0.4) is 0 Å². The highest BCUT2D eigenvalue weighted by Crippen LogP contribution is 2.18. The van der Waals surface area contributed by atoms with Crippen LogP contribution in [0, 0.1) is 0 Å². The van der Waals surface area contributed by atoms with E-state index in [9.17, 15) is 0 Å². The molecule has 2 nitrogen and oxygen atoms in total. The molecule has 0 fully saturated rings. The summed E-state index contributed by atoms with van der Waals surface area (Å²) in [6.07, 6.45) is 0. The quantitative estimate of drug-likeness (QED) is 0.886. The third kappa shape index (κ3) is 4.27. The van der Waals surface area contributed by atoms with E-state index in [0.29, 0.717) is 0 Å². The zero-order valence-corrected chi connectivity index (χ0v) is 12.1. The van der Waals surface area contributed by atoms with Gasteiger partial charge in [-0.15, -0.1) is 0 Å². The summed E-state index contributed by atoms with van der Waals surface area (Å²) in [5.74, 6) is 0. The van der Waals surface area contributed by atoms with Crippen molar-refractivity contribution in [2.75, 3.05) is 19.4 Å². The molecule has 0 radical (unpaired) electrons. The van der Waals surface area contributed by atoms with Crippen LogP contribution in [0.15, 0.2) is 48.5 Å². The van der Waals surface area contributed by atoms with Gasteiger partial charge in [-0.1, -0.05) is 41.9 Å². The van der Waals surface area contributed by atoms with Crippen LogP contribution in [0.4, 0.5) is 5.69 Å². The standard InChI is InChI=1S/C16H19ClN2/c1-19(2)12-13-6-5-8-15(10-13)18-11-14-7-3-4-9-16(14)17/h3-10,18H,11-12H2,1-2H3. The van der Waals surface area contributed by atoms with Gasteiger partial charge in [0.2, 0.25) is 0 Å². The third-order valence-corrected chi connectivity index (χ3v) is 3.24. The molecule has 100 valence electrons. The maximum absolute atomic E-state index is 6.14. The Kier molecular flexibility index (Phi) is 4.83. The molecule has 0 aliphatic rings. The van der Waals surface area contributed by atoms with Crippen molar-refractivity contribution in [3.05, 3.63) is 64.7 Å². The molecule has 0 saturated carbocycles. The molecule has 0 aliphatic carbocycles. The highest BCUT2D eigenvalue weighted by atomic mass is 35.5. The molecule has 0 bridgehead atoms. The molecule has 2 aromatic carbocycles. The lowest BCUT2D eigenvalue weighted by Crippen LogP contribution is -2.10. The second-order valence-electron chi connectivity index (χ2n) is 4.88. The second kappa shape index (κ2) is 6.60. The van der Waals surface area contributed by atoms with Gasteiger partial charge in [0.1, 0.15) is 0 Å². The molecule has 0 spiro atoms. The Bertz CT molecular complexity index is 538. The minimum Gasteiger partial charge on any atom is -0.381 e. The zero-order valence-electron chi connectivity index (χ0n) is 11.4. The number of halogens is 1. The van der Waals surface area contributed by atoms with Crippen LogP contribution in [0.25, 0.3) is 0 Å². The van der Waals surface area contributed by atoms with E-state index in [1.54, 1.807) is 0 Å². The predicted molar refractivity (Wildman–Crippen MR) is 82.6 cm³/mol. The Labute approximate surface area is 120 Å². The van der Waals surface area contributed by atoms with E-state index in [2.05, 4.69) is 48.6 Å². The first-order valence-corrected chi connectivity index (χ1v) is 6.74. The minimum absolute atomic E-state index is 0.741. The molecule has 0 aliphatic heterocycles. The van der Waals surface area contributed by atoms with Gasteiger partial charge >= 0.3 is 0 Å². The van der Waals surface area contributed by atoms with Gasteiger partial charge in [0, 0.05) is 23.8 Å². The maximum atomic E-state index is 6.14. The molecule has 3 heteroatoms. The molecule has 2 rings (SSSR count). The summed E-state index contributed by atoms with van der Waals surface area (Å²) in [5.41, 5.74) is 3.54. The average molecular weight is 275 g/mol. The van der Waals surface area contributed by atoms with Crippen LogP contribution in [0.1, 0.15) is 11.1 Å². The van der Waals surface area contributed by atoms with E-state index < -0.39 is 0 Å². The molecule has 0 heterocycles. The summed E-state index contributed by atoms with van der Waals surface area (Å²) >= 11 is 6.14. The second-order valence-corrected chi connectivity index (χ2v) is 5.29.